The van der Waals surface area contributed by atoms with Crippen LogP contribution in [0.3, 0.4) is 0 Å². The fourth-order valence-electron chi connectivity index (χ4n) is 5.96. The molecular weight excluding hydrogens is 460 g/mol. The van der Waals surface area contributed by atoms with Crippen molar-refractivity contribution in [3.05, 3.63) is 133 Å². The Hall–Kier alpha value is -5.08. The van der Waals surface area contributed by atoms with Gasteiger partial charge in [0.2, 0.25) is 0 Å². The first-order chi connectivity index (χ1) is 18.8. The zero-order chi connectivity index (χ0) is 25.1. The molecule has 0 aliphatic carbocycles. The number of fused-ring (bicyclic) bond motifs is 6. The van der Waals surface area contributed by atoms with Crippen molar-refractivity contribution in [2.24, 2.45) is 0 Å². The molecule has 0 saturated carbocycles. The molecule has 0 aliphatic rings. The molecule has 2 nitrogen and oxygen atoms in total. The Bertz CT molecular complexity index is 1990. The summed E-state index contributed by atoms with van der Waals surface area (Å²) in [7, 11) is 0. The minimum absolute atomic E-state index is 1.16. The number of aromatic amines is 2. The molecule has 0 radical (unpaired) electrons. The van der Waals surface area contributed by atoms with Gasteiger partial charge in [0.05, 0.1) is 11.0 Å². The van der Waals surface area contributed by atoms with Gasteiger partial charge in [-0.2, -0.15) is 0 Å². The van der Waals surface area contributed by atoms with E-state index in [0.717, 1.165) is 11.0 Å². The van der Waals surface area contributed by atoms with Gasteiger partial charge in [-0.05, 0) is 52.6 Å². The molecule has 0 aliphatic heterocycles. The maximum atomic E-state index is 3.70. The van der Waals surface area contributed by atoms with Crippen LogP contribution in [0.15, 0.2) is 133 Å². The maximum Gasteiger partial charge on any atom is 0.0544 e. The summed E-state index contributed by atoms with van der Waals surface area (Å²) in [5, 5.41) is 5.02. The van der Waals surface area contributed by atoms with Gasteiger partial charge in [-0.3, -0.25) is 0 Å². The molecule has 2 aromatic heterocycles. The van der Waals surface area contributed by atoms with Gasteiger partial charge in [0.1, 0.15) is 0 Å². The van der Waals surface area contributed by atoms with E-state index < -0.39 is 0 Å². The molecule has 2 N–H and O–H groups in total. The molecule has 0 spiro atoms. The van der Waals surface area contributed by atoms with Crippen LogP contribution in [-0.4, -0.2) is 9.97 Å². The van der Waals surface area contributed by atoms with E-state index in [1.165, 1.54) is 66.0 Å². The van der Waals surface area contributed by atoms with Gasteiger partial charge in [0.25, 0.3) is 0 Å². The Morgan fingerprint density at radius 2 is 0.763 bits per heavy atom. The molecule has 2 heteroatoms. The van der Waals surface area contributed by atoms with E-state index in [2.05, 4.69) is 143 Å². The summed E-state index contributed by atoms with van der Waals surface area (Å²) < 4.78 is 0. The zero-order valence-electron chi connectivity index (χ0n) is 20.7. The lowest BCUT2D eigenvalue weighted by molar-refractivity contribution is 1.52. The van der Waals surface area contributed by atoms with Crippen molar-refractivity contribution in [3.63, 3.8) is 0 Å². The average Bonchev–Trinajstić information content (AvgIpc) is 3.56. The van der Waals surface area contributed by atoms with E-state index in [-0.39, 0.29) is 0 Å². The Morgan fingerprint density at radius 1 is 0.316 bits per heavy atom. The molecule has 0 atom stereocenters. The molecule has 0 bridgehead atoms. The Balaban J connectivity index is 1.43. The van der Waals surface area contributed by atoms with Crippen molar-refractivity contribution in [2.45, 2.75) is 0 Å². The predicted octanol–water partition coefficient (Wildman–Crippen LogP) is 9.96. The molecule has 38 heavy (non-hydrogen) atoms. The number of nitrogens with one attached hydrogen (secondary N) is 2. The molecule has 0 amide bonds. The van der Waals surface area contributed by atoms with Crippen molar-refractivity contribution >= 4 is 43.6 Å². The van der Waals surface area contributed by atoms with Crippen LogP contribution in [-0.2, 0) is 0 Å². The van der Waals surface area contributed by atoms with Crippen LogP contribution in [0.5, 0.6) is 0 Å². The normalized spacial score (nSPS) is 11.7. The minimum Gasteiger partial charge on any atom is -0.354 e. The van der Waals surface area contributed by atoms with Crippen LogP contribution in [0, 0.1) is 0 Å². The molecular formula is C36H24N2. The quantitative estimate of drug-likeness (QED) is 0.250. The number of hydrogen-bond acceptors (Lipinski definition) is 0. The number of aromatic nitrogens is 2. The molecule has 0 saturated heterocycles. The van der Waals surface area contributed by atoms with Crippen LogP contribution in [0.25, 0.3) is 77.0 Å². The summed E-state index contributed by atoms with van der Waals surface area (Å²) in [5.74, 6) is 0. The summed E-state index contributed by atoms with van der Waals surface area (Å²) in [6, 6.07) is 48.0. The number of para-hydroxylation sites is 4. The van der Waals surface area contributed by atoms with Gasteiger partial charge in [0, 0.05) is 43.7 Å². The second-order valence-electron chi connectivity index (χ2n) is 9.96. The standard InChI is InChI=1S/C36H24N2/c1-2-10-23(11-3-1)24-20-25(27-14-8-16-31-29-12-4-6-18-33(29)37-35(27)31)22-26(21-24)28-15-9-17-32-30-13-5-7-19-34(30)38-36(28)32/h1-22,37-38H. The van der Waals surface area contributed by atoms with Gasteiger partial charge < -0.3 is 9.97 Å². The maximum absolute atomic E-state index is 3.70. The molecule has 0 fully saturated rings. The van der Waals surface area contributed by atoms with Gasteiger partial charge >= 0.3 is 0 Å². The van der Waals surface area contributed by atoms with Crippen molar-refractivity contribution in [1.82, 2.24) is 9.97 Å². The first-order valence-electron chi connectivity index (χ1n) is 13.0. The fraction of sp³-hybridized carbons (Fsp3) is 0. The Morgan fingerprint density at radius 3 is 1.32 bits per heavy atom. The van der Waals surface area contributed by atoms with Crippen LogP contribution < -0.4 is 0 Å². The minimum atomic E-state index is 1.16. The number of hydrogen-bond donors (Lipinski definition) is 2. The third kappa shape index (κ3) is 3.21. The third-order valence-electron chi connectivity index (χ3n) is 7.74. The number of rotatable bonds is 3. The second-order valence-corrected chi connectivity index (χ2v) is 9.96. The highest BCUT2D eigenvalue weighted by Gasteiger charge is 2.15. The van der Waals surface area contributed by atoms with Crippen LogP contribution in [0.4, 0.5) is 0 Å². The van der Waals surface area contributed by atoms with Crippen molar-refractivity contribution < 1.29 is 0 Å². The Kier molecular flexibility index (Phi) is 4.55. The summed E-state index contributed by atoms with van der Waals surface area (Å²) in [4.78, 5) is 7.41. The number of benzene rings is 6. The topological polar surface area (TPSA) is 31.6 Å². The summed E-state index contributed by atoms with van der Waals surface area (Å²) in [6.45, 7) is 0. The van der Waals surface area contributed by atoms with Crippen LogP contribution >= 0.6 is 0 Å². The second kappa shape index (κ2) is 8.22. The van der Waals surface area contributed by atoms with E-state index in [1.54, 1.807) is 0 Å². The van der Waals surface area contributed by atoms with Crippen molar-refractivity contribution in [1.29, 1.82) is 0 Å². The zero-order valence-corrected chi connectivity index (χ0v) is 20.7. The summed E-state index contributed by atoms with van der Waals surface area (Å²) in [6.07, 6.45) is 0. The lowest BCUT2D eigenvalue weighted by Crippen LogP contribution is -1.88. The highest BCUT2D eigenvalue weighted by molar-refractivity contribution is 6.13. The first kappa shape index (κ1) is 21.0. The lowest BCUT2D eigenvalue weighted by atomic mass is 9.92. The molecule has 6 aromatic carbocycles. The summed E-state index contributed by atoms with van der Waals surface area (Å²) >= 11 is 0. The largest absolute Gasteiger partial charge is 0.354 e. The highest BCUT2D eigenvalue weighted by Crippen LogP contribution is 2.40. The smallest absolute Gasteiger partial charge is 0.0544 e. The monoisotopic (exact) mass is 484 g/mol. The molecule has 0 unspecified atom stereocenters. The van der Waals surface area contributed by atoms with Crippen LogP contribution in [0.2, 0.25) is 0 Å². The SMILES string of the molecule is c1ccc(-c2cc(-c3cccc4c3[nH]c3ccccc34)cc(-c3cccc4c3[nH]c3ccccc34)c2)cc1. The van der Waals surface area contributed by atoms with E-state index in [4.69, 9.17) is 0 Å². The molecule has 2 heterocycles. The number of H-pyrrole nitrogens is 2. The molecule has 8 rings (SSSR count). The Labute approximate surface area is 220 Å². The highest BCUT2D eigenvalue weighted by atomic mass is 14.7. The predicted molar refractivity (Wildman–Crippen MR) is 161 cm³/mol. The van der Waals surface area contributed by atoms with E-state index in [0.29, 0.717) is 0 Å². The average molecular weight is 485 g/mol. The van der Waals surface area contributed by atoms with E-state index >= 15 is 0 Å². The molecule has 8 aromatic rings. The van der Waals surface area contributed by atoms with Gasteiger partial charge in [-0.1, -0.05) is 103 Å². The van der Waals surface area contributed by atoms with Crippen molar-refractivity contribution in [2.75, 3.05) is 0 Å². The van der Waals surface area contributed by atoms with E-state index in [1.807, 2.05) is 0 Å². The van der Waals surface area contributed by atoms with Crippen molar-refractivity contribution in [3.8, 4) is 33.4 Å². The molecule has 178 valence electrons. The summed E-state index contributed by atoms with van der Waals surface area (Å²) in [5.41, 5.74) is 11.9. The van der Waals surface area contributed by atoms with Gasteiger partial charge in [-0.15, -0.1) is 0 Å². The lowest BCUT2D eigenvalue weighted by Gasteiger charge is -2.13. The third-order valence-corrected chi connectivity index (χ3v) is 7.74. The van der Waals surface area contributed by atoms with Gasteiger partial charge in [0.15, 0.2) is 0 Å². The van der Waals surface area contributed by atoms with E-state index in [9.17, 15) is 0 Å². The fourth-order valence-corrected chi connectivity index (χ4v) is 5.96. The van der Waals surface area contributed by atoms with Gasteiger partial charge in [-0.25, -0.2) is 0 Å². The first-order valence-corrected chi connectivity index (χ1v) is 13.0. The van der Waals surface area contributed by atoms with Crippen LogP contribution in [0.1, 0.15) is 0 Å².